The fourth-order valence-corrected chi connectivity index (χ4v) is 3.07. The van der Waals surface area contributed by atoms with Crippen LogP contribution in [0.2, 0.25) is 0 Å². The summed E-state index contributed by atoms with van der Waals surface area (Å²) in [5.74, 6) is 0. The number of rotatable bonds is 18. The zero-order valence-corrected chi connectivity index (χ0v) is 15.6. The summed E-state index contributed by atoms with van der Waals surface area (Å²) < 4.78 is 24.9. The quantitative estimate of drug-likeness (QED) is 0.255. The van der Waals surface area contributed by atoms with E-state index in [-0.39, 0.29) is 0 Å². The molecule has 0 saturated heterocycles. The summed E-state index contributed by atoms with van der Waals surface area (Å²) in [5, 5.41) is 0. The molecule has 0 bridgehead atoms. The van der Waals surface area contributed by atoms with Gasteiger partial charge in [0.2, 0.25) is 0 Å². The Morgan fingerprint density at radius 2 is 0.864 bits per heavy atom. The summed E-state index contributed by atoms with van der Waals surface area (Å²) in [5.41, 5.74) is 0. The van der Waals surface area contributed by atoms with E-state index in [1.807, 2.05) is 0 Å². The molecule has 0 aliphatic heterocycles. The molecule has 0 unspecified atom stereocenters. The van der Waals surface area contributed by atoms with Crippen molar-refractivity contribution < 1.29 is 12.6 Å². The molecule has 0 aromatic carbocycles. The third kappa shape index (κ3) is 19.9. The van der Waals surface area contributed by atoms with Crippen molar-refractivity contribution in [3.63, 3.8) is 0 Å². The lowest BCUT2D eigenvalue weighted by molar-refractivity contribution is 0.319. The van der Waals surface area contributed by atoms with E-state index in [1.54, 1.807) is 0 Å². The van der Waals surface area contributed by atoms with Gasteiger partial charge in [-0.2, -0.15) is 0 Å². The molecule has 0 aliphatic rings. The van der Waals surface area contributed by atoms with Crippen molar-refractivity contribution in [2.45, 2.75) is 110 Å². The highest BCUT2D eigenvalue weighted by Crippen LogP contribution is 2.13. The minimum atomic E-state index is -2.64. The van der Waals surface area contributed by atoms with Crippen molar-refractivity contribution in [3.8, 4) is 0 Å². The number of thiol groups is 1. The van der Waals surface area contributed by atoms with Crippen LogP contribution in [0, 0.1) is 0 Å². The predicted molar refractivity (Wildman–Crippen MR) is 95.8 cm³/mol. The molecule has 22 heavy (non-hydrogen) atoms. The Morgan fingerprint density at radius 3 is 1.18 bits per heavy atom. The highest BCUT2D eigenvalue weighted by Gasteiger charge is 1.95. The lowest BCUT2D eigenvalue weighted by atomic mass is 10.0. The number of hydrogen-bond donors (Lipinski definition) is 1. The fourth-order valence-electron chi connectivity index (χ4n) is 2.79. The first-order valence-electron chi connectivity index (χ1n) is 9.54. The average Bonchev–Trinajstić information content (AvgIpc) is 2.50. The van der Waals surface area contributed by atoms with Gasteiger partial charge < -0.3 is 0 Å². The van der Waals surface area contributed by atoms with Crippen LogP contribution in [0.15, 0.2) is 0 Å². The molecular weight excluding hydrogens is 296 g/mol. The van der Waals surface area contributed by atoms with E-state index in [0.29, 0.717) is 6.61 Å². The van der Waals surface area contributed by atoms with Crippen LogP contribution in [-0.2, 0) is 15.2 Å². The van der Waals surface area contributed by atoms with Gasteiger partial charge >= 0.3 is 0 Å². The molecule has 0 spiro atoms. The maximum Gasteiger partial charge on any atom is 0.257 e. The van der Waals surface area contributed by atoms with E-state index >= 15 is 0 Å². The standard InChI is InChI=1S/C18H38O3S/c1-2-3-4-5-6-7-8-9-10-11-12-13-14-15-16-17-18-21-22(19)20/h22H,2-18H2,1H3. The van der Waals surface area contributed by atoms with E-state index in [4.69, 9.17) is 0 Å². The first-order valence-corrected chi connectivity index (χ1v) is 10.6. The van der Waals surface area contributed by atoms with Crippen LogP contribution in [0.4, 0.5) is 0 Å². The third-order valence-electron chi connectivity index (χ3n) is 4.19. The lowest BCUT2D eigenvalue weighted by Crippen LogP contribution is -1.92. The van der Waals surface area contributed by atoms with E-state index < -0.39 is 11.0 Å². The second-order valence-electron chi connectivity index (χ2n) is 6.36. The monoisotopic (exact) mass is 334 g/mol. The van der Waals surface area contributed by atoms with Gasteiger partial charge in [0.1, 0.15) is 0 Å². The minimum Gasteiger partial charge on any atom is -0.272 e. The maximum atomic E-state index is 10.2. The van der Waals surface area contributed by atoms with Gasteiger partial charge in [-0.1, -0.05) is 103 Å². The molecule has 0 N–H and O–H groups in total. The van der Waals surface area contributed by atoms with Crippen LogP contribution in [0.25, 0.3) is 0 Å². The number of unbranched alkanes of at least 4 members (excludes halogenated alkanes) is 15. The van der Waals surface area contributed by atoms with Crippen LogP contribution in [0.5, 0.6) is 0 Å². The third-order valence-corrected chi connectivity index (χ3v) is 4.59. The van der Waals surface area contributed by atoms with Gasteiger partial charge in [-0.3, -0.25) is 4.18 Å². The Hall–Kier alpha value is -0.0900. The molecule has 0 aliphatic carbocycles. The molecule has 0 heterocycles. The van der Waals surface area contributed by atoms with E-state index in [1.165, 1.54) is 89.9 Å². The van der Waals surface area contributed by atoms with Crippen molar-refractivity contribution in [2.24, 2.45) is 0 Å². The molecule has 4 heteroatoms. The number of hydrogen-bond acceptors (Lipinski definition) is 3. The van der Waals surface area contributed by atoms with E-state index in [9.17, 15) is 8.42 Å². The summed E-state index contributed by atoms with van der Waals surface area (Å²) in [4.78, 5) is 0. The van der Waals surface area contributed by atoms with Crippen molar-refractivity contribution >= 4 is 11.0 Å². The normalized spacial score (nSPS) is 11.4. The highest BCUT2D eigenvalue weighted by molar-refractivity contribution is 7.67. The summed E-state index contributed by atoms with van der Waals surface area (Å²) in [6.07, 6.45) is 21.2. The van der Waals surface area contributed by atoms with Gasteiger partial charge in [-0.15, -0.1) is 0 Å². The second kappa shape index (κ2) is 19.0. The summed E-state index contributed by atoms with van der Waals surface area (Å²) in [6.45, 7) is 2.63. The van der Waals surface area contributed by atoms with Gasteiger partial charge in [-0.05, 0) is 6.42 Å². The Balaban J connectivity index is 2.97. The van der Waals surface area contributed by atoms with Gasteiger partial charge in [0.25, 0.3) is 11.0 Å². The molecule has 0 atom stereocenters. The largest absolute Gasteiger partial charge is 0.272 e. The van der Waals surface area contributed by atoms with Crippen LogP contribution in [-0.4, -0.2) is 15.0 Å². The van der Waals surface area contributed by atoms with Gasteiger partial charge in [0.15, 0.2) is 0 Å². The van der Waals surface area contributed by atoms with Crippen molar-refractivity contribution in [1.82, 2.24) is 0 Å². The molecule has 0 radical (unpaired) electrons. The molecule has 0 amide bonds. The van der Waals surface area contributed by atoms with E-state index in [2.05, 4.69) is 11.1 Å². The first-order chi connectivity index (χ1) is 10.8. The van der Waals surface area contributed by atoms with Crippen LogP contribution >= 0.6 is 0 Å². The molecule has 0 aromatic heterocycles. The topological polar surface area (TPSA) is 43.4 Å². The Kier molecular flexibility index (Phi) is 18.9. The predicted octanol–water partition coefficient (Wildman–Crippen LogP) is 5.79. The van der Waals surface area contributed by atoms with Crippen molar-refractivity contribution in [1.29, 1.82) is 0 Å². The van der Waals surface area contributed by atoms with Crippen LogP contribution < -0.4 is 0 Å². The SMILES string of the molecule is CCCCCCCCCCCCCCCCCCO[SH](=O)=O. The lowest BCUT2D eigenvalue weighted by Gasteiger charge is -2.03. The molecule has 0 saturated carbocycles. The van der Waals surface area contributed by atoms with Gasteiger partial charge in [-0.25, -0.2) is 8.42 Å². The zero-order valence-electron chi connectivity index (χ0n) is 14.7. The second-order valence-corrected chi connectivity index (χ2v) is 7.07. The molecule has 134 valence electrons. The molecule has 0 fully saturated rings. The molecular formula is C18H38O3S. The van der Waals surface area contributed by atoms with Gasteiger partial charge in [0.05, 0.1) is 6.61 Å². The van der Waals surface area contributed by atoms with Crippen molar-refractivity contribution in [2.75, 3.05) is 6.61 Å². The van der Waals surface area contributed by atoms with Gasteiger partial charge in [0, 0.05) is 0 Å². The summed E-state index contributed by atoms with van der Waals surface area (Å²) in [6, 6.07) is 0. The molecule has 3 nitrogen and oxygen atoms in total. The fraction of sp³-hybridized carbons (Fsp3) is 1.00. The smallest absolute Gasteiger partial charge is 0.257 e. The zero-order chi connectivity index (χ0) is 16.3. The van der Waals surface area contributed by atoms with Crippen LogP contribution in [0.1, 0.15) is 110 Å². The van der Waals surface area contributed by atoms with E-state index in [0.717, 1.165) is 12.8 Å². The molecule has 0 aromatic rings. The minimum absolute atomic E-state index is 0.358. The van der Waals surface area contributed by atoms with Crippen molar-refractivity contribution in [3.05, 3.63) is 0 Å². The molecule has 0 rings (SSSR count). The average molecular weight is 335 g/mol. The highest BCUT2D eigenvalue weighted by atomic mass is 32.2. The Labute approximate surface area is 140 Å². The maximum absolute atomic E-state index is 10.2. The van der Waals surface area contributed by atoms with Crippen LogP contribution in [0.3, 0.4) is 0 Å². The summed E-state index contributed by atoms with van der Waals surface area (Å²) >= 11 is 0. The Morgan fingerprint density at radius 1 is 0.545 bits per heavy atom. The Bertz CT molecular complexity index is 270. The summed E-state index contributed by atoms with van der Waals surface area (Å²) in [7, 11) is -2.64. The first kappa shape index (κ1) is 21.9.